The van der Waals surface area contributed by atoms with Crippen molar-refractivity contribution in [1.82, 2.24) is 10.6 Å². The maximum absolute atomic E-state index is 11.5. The van der Waals surface area contributed by atoms with Gasteiger partial charge in [-0.2, -0.15) is 0 Å². The molecule has 0 spiro atoms. The van der Waals surface area contributed by atoms with Gasteiger partial charge >= 0.3 is 11.9 Å². The predicted molar refractivity (Wildman–Crippen MR) is 53.0 cm³/mol. The molecule has 1 unspecified atom stereocenters. The average molecular weight is 244 g/mol. The number of nitrogens with one attached hydrogen (secondary N) is 2. The van der Waals surface area contributed by atoms with Crippen LogP contribution in [0.1, 0.15) is 19.3 Å². The molecule has 0 aromatic carbocycles. The van der Waals surface area contributed by atoms with Crippen molar-refractivity contribution in [3.05, 3.63) is 0 Å². The molecular formula is C9H12N2O6. The maximum atomic E-state index is 11.5. The molecule has 1 aliphatic heterocycles. The first kappa shape index (κ1) is 12.9. The first-order chi connectivity index (χ1) is 7.90. The minimum Gasteiger partial charge on any atom is -0.481 e. The van der Waals surface area contributed by atoms with Crippen molar-refractivity contribution < 1.29 is 29.4 Å². The molecule has 0 aliphatic carbocycles. The summed E-state index contributed by atoms with van der Waals surface area (Å²) in [7, 11) is 0. The van der Waals surface area contributed by atoms with E-state index in [1.54, 1.807) is 0 Å². The summed E-state index contributed by atoms with van der Waals surface area (Å²) in [5.74, 6) is -3.71. The lowest BCUT2D eigenvalue weighted by molar-refractivity contribution is -0.147. The number of aliphatic carboxylic acids is 2. The van der Waals surface area contributed by atoms with Gasteiger partial charge in [0.05, 0.1) is 6.42 Å². The van der Waals surface area contributed by atoms with Crippen LogP contribution in [0.4, 0.5) is 0 Å². The van der Waals surface area contributed by atoms with E-state index in [2.05, 4.69) is 10.6 Å². The van der Waals surface area contributed by atoms with Crippen LogP contribution >= 0.6 is 0 Å². The number of carboxylic acids is 2. The van der Waals surface area contributed by atoms with E-state index in [-0.39, 0.29) is 18.7 Å². The summed E-state index contributed by atoms with van der Waals surface area (Å²) in [5, 5.41) is 21.6. The highest BCUT2D eigenvalue weighted by molar-refractivity contribution is 5.93. The summed E-state index contributed by atoms with van der Waals surface area (Å²) in [4.78, 5) is 43.4. The molecule has 1 saturated heterocycles. The van der Waals surface area contributed by atoms with Crippen molar-refractivity contribution in [3.63, 3.8) is 0 Å². The van der Waals surface area contributed by atoms with Crippen LogP contribution in [-0.4, -0.2) is 46.0 Å². The zero-order valence-corrected chi connectivity index (χ0v) is 8.80. The normalized spacial score (nSPS) is 20.5. The summed E-state index contributed by atoms with van der Waals surface area (Å²) >= 11 is 0. The zero-order chi connectivity index (χ0) is 13.0. The molecular weight excluding hydrogens is 232 g/mol. The van der Waals surface area contributed by atoms with Gasteiger partial charge in [-0.15, -0.1) is 0 Å². The second-order valence-electron chi connectivity index (χ2n) is 3.66. The Morgan fingerprint density at radius 2 is 2.06 bits per heavy atom. The third kappa shape index (κ3) is 3.74. The average Bonchev–Trinajstić information content (AvgIpc) is 2.63. The van der Waals surface area contributed by atoms with Gasteiger partial charge in [0.15, 0.2) is 0 Å². The van der Waals surface area contributed by atoms with Gasteiger partial charge in [-0.05, 0) is 6.42 Å². The van der Waals surface area contributed by atoms with Crippen molar-refractivity contribution in [3.8, 4) is 0 Å². The molecule has 0 radical (unpaired) electrons. The zero-order valence-electron chi connectivity index (χ0n) is 8.80. The molecule has 8 heteroatoms. The van der Waals surface area contributed by atoms with Crippen LogP contribution in [0.2, 0.25) is 0 Å². The highest BCUT2D eigenvalue weighted by atomic mass is 16.4. The first-order valence-electron chi connectivity index (χ1n) is 4.94. The molecule has 2 atom stereocenters. The summed E-state index contributed by atoms with van der Waals surface area (Å²) in [6.07, 6.45) is -0.222. The van der Waals surface area contributed by atoms with Crippen LogP contribution < -0.4 is 10.6 Å². The maximum Gasteiger partial charge on any atom is 0.326 e. The summed E-state index contributed by atoms with van der Waals surface area (Å²) in [6.45, 7) is 0. The molecule has 4 N–H and O–H groups in total. The molecule has 1 fully saturated rings. The quantitative estimate of drug-likeness (QED) is 0.456. The Kier molecular flexibility index (Phi) is 4.02. The molecule has 1 rings (SSSR count). The van der Waals surface area contributed by atoms with E-state index in [4.69, 9.17) is 10.2 Å². The molecule has 8 nitrogen and oxygen atoms in total. The minimum atomic E-state index is -1.49. The van der Waals surface area contributed by atoms with E-state index >= 15 is 0 Å². The van der Waals surface area contributed by atoms with E-state index < -0.39 is 36.4 Å². The number of carboxylic acid groups (broad SMARTS) is 2. The third-order valence-corrected chi connectivity index (χ3v) is 2.31. The molecule has 1 aliphatic rings. The first-order valence-corrected chi connectivity index (χ1v) is 4.94. The Morgan fingerprint density at radius 3 is 2.47 bits per heavy atom. The standard InChI is InChI=1S/C9H12N2O6/c12-6-2-1-4(10-6)8(15)11-5(9(16)17)3-7(13)14/h4-5H,1-3H2,(H,10,12)(H,11,15)(H,13,14)(H,16,17)/t4?,5-/m1/s1. The van der Waals surface area contributed by atoms with E-state index in [0.717, 1.165) is 0 Å². The number of carbonyl (C=O) groups is 4. The Bertz CT molecular complexity index is 366. The number of rotatable bonds is 5. The molecule has 0 aromatic rings. The van der Waals surface area contributed by atoms with Crippen molar-refractivity contribution in [1.29, 1.82) is 0 Å². The summed E-state index contributed by atoms with van der Waals surface area (Å²) in [6, 6.07) is -2.27. The fourth-order valence-corrected chi connectivity index (χ4v) is 1.46. The van der Waals surface area contributed by atoms with Crippen LogP contribution in [-0.2, 0) is 19.2 Å². The van der Waals surface area contributed by atoms with Crippen molar-refractivity contribution in [2.45, 2.75) is 31.3 Å². The molecule has 94 valence electrons. The van der Waals surface area contributed by atoms with Crippen LogP contribution in [0.3, 0.4) is 0 Å². The topological polar surface area (TPSA) is 133 Å². The van der Waals surface area contributed by atoms with E-state index in [9.17, 15) is 19.2 Å². The van der Waals surface area contributed by atoms with Crippen LogP contribution in [0.5, 0.6) is 0 Å². The second kappa shape index (κ2) is 5.28. The smallest absolute Gasteiger partial charge is 0.326 e. The SMILES string of the molecule is O=C(O)C[C@@H](NC(=O)C1CCC(=O)N1)C(=O)O. The molecule has 17 heavy (non-hydrogen) atoms. The van der Waals surface area contributed by atoms with Crippen molar-refractivity contribution in [2.24, 2.45) is 0 Å². The molecule has 1 heterocycles. The number of hydrogen-bond donors (Lipinski definition) is 4. The summed E-state index contributed by atoms with van der Waals surface area (Å²) in [5.41, 5.74) is 0. The Morgan fingerprint density at radius 1 is 1.41 bits per heavy atom. The van der Waals surface area contributed by atoms with Gasteiger partial charge in [0.2, 0.25) is 11.8 Å². The van der Waals surface area contributed by atoms with Crippen molar-refractivity contribution in [2.75, 3.05) is 0 Å². The third-order valence-electron chi connectivity index (χ3n) is 2.31. The Balaban J connectivity index is 2.55. The number of carbonyl (C=O) groups excluding carboxylic acids is 2. The van der Waals surface area contributed by atoms with Gasteiger partial charge in [0.25, 0.3) is 0 Å². The Hall–Kier alpha value is -2.12. The Labute approximate surface area is 96.0 Å². The van der Waals surface area contributed by atoms with E-state index in [1.807, 2.05) is 0 Å². The molecule has 0 aromatic heterocycles. The lowest BCUT2D eigenvalue weighted by Crippen LogP contribution is -2.49. The largest absolute Gasteiger partial charge is 0.481 e. The van der Waals surface area contributed by atoms with Gasteiger partial charge in [0, 0.05) is 6.42 Å². The molecule has 2 amide bonds. The monoisotopic (exact) mass is 244 g/mol. The second-order valence-corrected chi connectivity index (χ2v) is 3.66. The van der Waals surface area contributed by atoms with Gasteiger partial charge in [-0.1, -0.05) is 0 Å². The van der Waals surface area contributed by atoms with Crippen LogP contribution in [0.15, 0.2) is 0 Å². The predicted octanol–water partition coefficient (Wildman–Crippen LogP) is -1.69. The van der Waals surface area contributed by atoms with Crippen molar-refractivity contribution >= 4 is 23.8 Å². The number of hydrogen-bond acceptors (Lipinski definition) is 4. The highest BCUT2D eigenvalue weighted by Gasteiger charge is 2.31. The minimum absolute atomic E-state index is 0.203. The lowest BCUT2D eigenvalue weighted by Gasteiger charge is -2.15. The van der Waals surface area contributed by atoms with Gasteiger partial charge in [-0.25, -0.2) is 4.79 Å². The van der Waals surface area contributed by atoms with Crippen LogP contribution in [0.25, 0.3) is 0 Å². The highest BCUT2D eigenvalue weighted by Crippen LogP contribution is 2.07. The van der Waals surface area contributed by atoms with Gasteiger partial charge < -0.3 is 20.8 Å². The van der Waals surface area contributed by atoms with Gasteiger partial charge in [-0.3, -0.25) is 14.4 Å². The van der Waals surface area contributed by atoms with Crippen LogP contribution in [0, 0.1) is 0 Å². The van der Waals surface area contributed by atoms with E-state index in [1.165, 1.54) is 0 Å². The number of amides is 2. The fourth-order valence-electron chi connectivity index (χ4n) is 1.46. The molecule has 0 saturated carbocycles. The fraction of sp³-hybridized carbons (Fsp3) is 0.556. The summed E-state index contributed by atoms with van der Waals surface area (Å²) < 4.78 is 0. The molecule has 0 bridgehead atoms. The van der Waals surface area contributed by atoms with Gasteiger partial charge in [0.1, 0.15) is 12.1 Å². The van der Waals surface area contributed by atoms with E-state index in [0.29, 0.717) is 0 Å². The lowest BCUT2D eigenvalue weighted by atomic mass is 10.1.